The number of carbonyl (C=O) groups excluding carboxylic acids is 1. The van der Waals surface area contributed by atoms with E-state index in [1.165, 1.54) is 36.6 Å². The zero-order valence-electron chi connectivity index (χ0n) is 14.3. The van der Waals surface area contributed by atoms with Gasteiger partial charge in [0.05, 0.1) is 12.2 Å². The molecule has 25 heavy (non-hydrogen) atoms. The van der Waals surface area contributed by atoms with Crippen molar-refractivity contribution in [1.29, 1.82) is 0 Å². The molecule has 2 heterocycles. The molecular formula is C16H20ClF3N2O2S. The first kappa shape index (κ1) is 23.2. The first-order chi connectivity index (χ1) is 11.7. The zero-order chi connectivity index (χ0) is 19.6. The number of aryl methyl sites for hydroxylation is 2. The van der Waals surface area contributed by atoms with E-state index in [-0.39, 0.29) is 10.2 Å². The predicted molar refractivity (Wildman–Crippen MR) is 96.5 cm³/mol. The summed E-state index contributed by atoms with van der Waals surface area (Å²) in [5.41, 5.74) is 0.150. The number of hydrogen-bond acceptors (Lipinski definition) is 3. The maximum Gasteiger partial charge on any atom is 0.256 e. The van der Waals surface area contributed by atoms with Crippen molar-refractivity contribution in [2.45, 2.75) is 40.7 Å². The third-order valence-corrected chi connectivity index (χ3v) is 3.82. The quantitative estimate of drug-likeness (QED) is 0.750. The smallest absolute Gasteiger partial charge is 0.256 e. The van der Waals surface area contributed by atoms with Crippen LogP contribution in [0.15, 0.2) is 23.1 Å². The average molecular weight is 397 g/mol. The maximum atomic E-state index is 12.2. The summed E-state index contributed by atoms with van der Waals surface area (Å²) in [5, 5.41) is 2.30. The van der Waals surface area contributed by atoms with Gasteiger partial charge in [0.1, 0.15) is 4.34 Å². The molecule has 2 aromatic heterocycles. The van der Waals surface area contributed by atoms with Crippen LogP contribution in [0, 0.1) is 19.7 Å². The van der Waals surface area contributed by atoms with Gasteiger partial charge in [-0.1, -0.05) is 25.4 Å². The summed E-state index contributed by atoms with van der Waals surface area (Å²) in [4.78, 5) is 22.4. The van der Waals surface area contributed by atoms with Crippen LogP contribution in [0.2, 0.25) is 4.34 Å². The van der Waals surface area contributed by atoms with Crippen LogP contribution in [0.25, 0.3) is 0 Å². The maximum absolute atomic E-state index is 12.2. The number of nitrogens with one attached hydrogen (secondary N) is 1. The molecule has 140 valence electrons. The summed E-state index contributed by atoms with van der Waals surface area (Å²) in [6.07, 6.45) is -0.990. The van der Waals surface area contributed by atoms with Crippen molar-refractivity contribution in [1.82, 2.24) is 4.57 Å². The van der Waals surface area contributed by atoms with E-state index < -0.39 is 18.5 Å². The van der Waals surface area contributed by atoms with Crippen LogP contribution in [0.5, 0.6) is 0 Å². The number of halogens is 4. The van der Waals surface area contributed by atoms with Gasteiger partial charge in [-0.2, -0.15) is 0 Å². The summed E-state index contributed by atoms with van der Waals surface area (Å²) >= 11 is 6.63. The Labute approximate surface area is 153 Å². The fourth-order valence-corrected chi connectivity index (χ4v) is 2.69. The van der Waals surface area contributed by atoms with Crippen molar-refractivity contribution < 1.29 is 18.0 Å². The molecule has 0 spiro atoms. The highest BCUT2D eigenvalue weighted by Gasteiger charge is 2.08. The van der Waals surface area contributed by atoms with Crippen LogP contribution in [0.3, 0.4) is 0 Å². The SMILES string of the molecule is CC.Cc1cc(F)c(Cl)s1.Cc1cc(NC=O)cn(CC(F)F)c1=O. The fraction of sp³-hybridized carbons (Fsp3) is 0.375. The van der Waals surface area contributed by atoms with E-state index in [1.807, 2.05) is 20.8 Å². The van der Waals surface area contributed by atoms with Gasteiger partial charge in [-0.3, -0.25) is 9.59 Å². The summed E-state index contributed by atoms with van der Waals surface area (Å²) < 4.78 is 37.6. The Morgan fingerprint density at radius 3 is 2.28 bits per heavy atom. The molecule has 0 aliphatic carbocycles. The van der Waals surface area contributed by atoms with Crippen molar-refractivity contribution in [3.05, 3.63) is 49.3 Å². The number of rotatable bonds is 4. The number of thiophene rings is 1. The largest absolute Gasteiger partial charge is 0.327 e. The van der Waals surface area contributed by atoms with E-state index in [9.17, 15) is 22.8 Å². The lowest BCUT2D eigenvalue weighted by Crippen LogP contribution is -2.25. The number of hydrogen-bond donors (Lipinski definition) is 1. The number of pyridine rings is 1. The summed E-state index contributed by atoms with van der Waals surface area (Å²) in [7, 11) is 0. The Hall–Kier alpha value is -1.80. The Morgan fingerprint density at radius 1 is 1.32 bits per heavy atom. The van der Waals surface area contributed by atoms with E-state index in [0.717, 1.165) is 9.44 Å². The minimum absolute atomic E-state index is 0.252. The van der Waals surface area contributed by atoms with Crippen LogP contribution < -0.4 is 10.9 Å². The van der Waals surface area contributed by atoms with Crippen molar-refractivity contribution in [3.63, 3.8) is 0 Å². The van der Waals surface area contributed by atoms with Crippen LogP contribution in [-0.4, -0.2) is 17.4 Å². The Kier molecular flexibility index (Phi) is 10.9. The predicted octanol–water partition coefficient (Wildman–Crippen LogP) is 4.87. The highest BCUT2D eigenvalue weighted by Crippen LogP contribution is 2.24. The second kappa shape index (κ2) is 11.7. The van der Waals surface area contributed by atoms with Gasteiger partial charge in [-0.05, 0) is 26.0 Å². The lowest BCUT2D eigenvalue weighted by molar-refractivity contribution is -0.105. The van der Waals surface area contributed by atoms with E-state index in [1.54, 1.807) is 0 Å². The Bertz CT molecular complexity index is 713. The molecule has 2 aromatic rings. The lowest BCUT2D eigenvalue weighted by Gasteiger charge is -2.08. The van der Waals surface area contributed by atoms with E-state index >= 15 is 0 Å². The number of nitrogens with zero attached hydrogens (tertiary/aromatic N) is 1. The molecule has 1 amide bonds. The highest BCUT2D eigenvalue weighted by atomic mass is 35.5. The molecule has 0 aliphatic rings. The normalized spacial score (nSPS) is 9.64. The van der Waals surface area contributed by atoms with Gasteiger partial charge in [0.2, 0.25) is 6.41 Å². The molecule has 0 saturated heterocycles. The standard InChI is InChI=1S/C9H10F2N2O2.C5H4ClFS.C2H6/c1-6-2-7(12-5-14)3-13(9(6)15)4-8(10)11;1-3-2-4(7)5(6)8-3;1-2/h2-3,5,8H,4H2,1H3,(H,12,14);2H,1H3;1-2H3. The van der Waals surface area contributed by atoms with Gasteiger partial charge in [0.15, 0.2) is 5.82 Å². The first-order valence-corrected chi connectivity index (χ1v) is 8.55. The number of anilines is 1. The van der Waals surface area contributed by atoms with E-state index in [0.29, 0.717) is 17.7 Å². The monoisotopic (exact) mass is 396 g/mol. The molecule has 1 N–H and O–H groups in total. The zero-order valence-corrected chi connectivity index (χ0v) is 15.9. The molecule has 0 bridgehead atoms. The van der Waals surface area contributed by atoms with Crippen LogP contribution >= 0.6 is 22.9 Å². The van der Waals surface area contributed by atoms with Gasteiger partial charge >= 0.3 is 0 Å². The highest BCUT2D eigenvalue weighted by molar-refractivity contribution is 7.16. The summed E-state index contributed by atoms with van der Waals surface area (Å²) in [6.45, 7) is 6.65. The number of aromatic nitrogens is 1. The molecule has 0 fully saturated rings. The van der Waals surface area contributed by atoms with Crippen molar-refractivity contribution in [3.8, 4) is 0 Å². The average Bonchev–Trinajstić information content (AvgIpc) is 2.83. The molecule has 4 nitrogen and oxygen atoms in total. The molecule has 0 unspecified atom stereocenters. The second-order valence-corrected chi connectivity index (χ2v) is 6.36. The molecule has 2 rings (SSSR count). The number of alkyl halides is 2. The number of amides is 1. The lowest BCUT2D eigenvalue weighted by atomic mass is 10.3. The third-order valence-electron chi connectivity index (χ3n) is 2.59. The molecular weight excluding hydrogens is 377 g/mol. The minimum Gasteiger partial charge on any atom is -0.327 e. The van der Waals surface area contributed by atoms with Crippen LogP contribution in [0.1, 0.15) is 24.3 Å². The minimum atomic E-state index is -2.60. The van der Waals surface area contributed by atoms with Gasteiger partial charge in [0, 0.05) is 16.6 Å². The van der Waals surface area contributed by atoms with Gasteiger partial charge in [-0.15, -0.1) is 11.3 Å². The van der Waals surface area contributed by atoms with Gasteiger partial charge in [0.25, 0.3) is 12.0 Å². The number of carbonyl (C=O) groups is 1. The van der Waals surface area contributed by atoms with Crippen LogP contribution in [0.4, 0.5) is 18.9 Å². The molecule has 0 radical (unpaired) electrons. The van der Waals surface area contributed by atoms with Crippen LogP contribution in [-0.2, 0) is 11.3 Å². The topological polar surface area (TPSA) is 51.1 Å². The molecule has 0 aliphatic heterocycles. The first-order valence-electron chi connectivity index (χ1n) is 7.35. The van der Waals surface area contributed by atoms with Crippen molar-refractivity contribution in [2.75, 3.05) is 5.32 Å². The Morgan fingerprint density at radius 2 is 1.92 bits per heavy atom. The second-order valence-electron chi connectivity index (χ2n) is 4.50. The summed E-state index contributed by atoms with van der Waals surface area (Å²) in [6, 6.07) is 2.85. The molecule has 0 aromatic carbocycles. The molecule has 9 heteroatoms. The fourth-order valence-electron chi connectivity index (χ4n) is 1.67. The van der Waals surface area contributed by atoms with E-state index in [2.05, 4.69) is 5.32 Å². The van der Waals surface area contributed by atoms with Crippen molar-refractivity contribution >= 4 is 35.0 Å². The molecule has 0 atom stereocenters. The Balaban J connectivity index is 0.000000483. The van der Waals surface area contributed by atoms with E-state index in [4.69, 9.17) is 11.6 Å². The van der Waals surface area contributed by atoms with Gasteiger partial charge < -0.3 is 9.88 Å². The summed E-state index contributed by atoms with van der Waals surface area (Å²) in [5.74, 6) is -0.311. The van der Waals surface area contributed by atoms with Gasteiger partial charge in [-0.25, -0.2) is 13.2 Å². The third kappa shape index (κ3) is 8.22. The van der Waals surface area contributed by atoms with Crippen molar-refractivity contribution in [2.24, 2.45) is 0 Å². The molecule has 0 saturated carbocycles.